The molecule has 4 heteroatoms. The lowest BCUT2D eigenvalue weighted by molar-refractivity contribution is -0.482. The van der Waals surface area contributed by atoms with Crippen molar-refractivity contribution in [1.82, 2.24) is 0 Å². The van der Waals surface area contributed by atoms with Crippen LogP contribution in [0.15, 0.2) is 0 Å². The quantitative estimate of drug-likeness (QED) is 0.254. The molecule has 0 aromatic carbocycles. The first-order valence-electron chi connectivity index (χ1n) is 5.83. The van der Waals surface area contributed by atoms with E-state index in [0.29, 0.717) is 6.42 Å². The molecule has 0 saturated carbocycles. The number of hydrogen-bond acceptors (Lipinski definition) is 4. The van der Waals surface area contributed by atoms with Gasteiger partial charge in [0.15, 0.2) is 0 Å². The van der Waals surface area contributed by atoms with Crippen LogP contribution in [0, 0.1) is 0 Å². The Labute approximate surface area is 92.1 Å². The van der Waals surface area contributed by atoms with Crippen LogP contribution in [0.25, 0.3) is 0 Å². The molecule has 15 heavy (non-hydrogen) atoms. The Morgan fingerprint density at radius 2 is 1.33 bits per heavy atom. The second-order valence-corrected chi connectivity index (χ2v) is 4.19. The van der Waals surface area contributed by atoms with Gasteiger partial charge in [-0.2, -0.15) is 0 Å². The van der Waals surface area contributed by atoms with E-state index in [-0.39, 0.29) is 0 Å². The number of unbranched alkanes of at least 4 members (excludes halogenated alkanes) is 6. The standard InChI is InChI=1S/C11H24O4/c1-3-4-5-6-7-8-9-10-11(2,14-12)15-13/h12-13H,3-10H2,1-2H3. The zero-order chi connectivity index (χ0) is 11.6. The normalized spacial score (nSPS) is 12.0. The molecule has 0 aliphatic heterocycles. The van der Waals surface area contributed by atoms with Crippen LogP contribution in [0.5, 0.6) is 0 Å². The molecule has 0 bridgehead atoms. The Kier molecular flexibility index (Phi) is 9.00. The minimum absolute atomic E-state index is 0.494. The third-order valence-corrected chi connectivity index (χ3v) is 2.62. The predicted molar refractivity (Wildman–Crippen MR) is 58.4 cm³/mol. The van der Waals surface area contributed by atoms with E-state index in [2.05, 4.69) is 16.7 Å². The first-order chi connectivity index (χ1) is 7.18. The van der Waals surface area contributed by atoms with E-state index in [1.165, 1.54) is 39.0 Å². The fraction of sp³-hybridized carbons (Fsp3) is 1.00. The first-order valence-corrected chi connectivity index (χ1v) is 5.83. The van der Waals surface area contributed by atoms with Gasteiger partial charge in [0.05, 0.1) is 0 Å². The SMILES string of the molecule is CCCCCCCCCC(C)(OO)OO. The minimum atomic E-state index is -1.26. The molecule has 92 valence electrons. The highest BCUT2D eigenvalue weighted by Crippen LogP contribution is 2.19. The van der Waals surface area contributed by atoms with E-state index < -0.39 is 5.79 Å². The van der Waals surface area contributed by atoms with Crippen molar-refractivity contribution in [2.45, 2.75) is 71.0 Å². The highest BCUT2D eigenvalue weighted by Gasteiger charge is 2.26. The van der Waals surface area contributed by atoms with Crippen LogP contribution in [-0.2, 0) is 9.78 Å². The van der Waals surface area contributed by atoms with Crippen LogP contribution in [0.1, 0.15) is 65.2 Å². The van der Waals surface area contributed by atoms with Crippen molar-refractivity contribution in [3.8, 4) is 0 Å². The van der Waals surface area contributed by atoms with Crippen LogP contribution in [0.2, 0.25) is 0 Å². The van der Waals surface area contributed by atoms with Crippen molar-refractivity contribution in [2.75, 3.05) is 0 Å². The summed E-state index contributed by atoms with van der Waals surface area (Å²) in [6, 6.07) is 0. The van der Waals surface area contributed by atoms with Gasteiger partial charge in [0.2, 0.25) is 5.79 Å². The lowest BCUT2D eigenvalue weighted by Gasteiger charge is -2.21. The molecule has 0 saturated heterocycles. The Hall–Kier alpha value is -0.160. The zero-order valence-electron chi connectivity index (χ0n) is 9.87. The molecule has 0 atom stereocenters. The van der Waals surface area contributed by atoms with Gasteiger partial charge in [-0.25, -0.2) is 20.3 Å². The zero-order valence-corrected chi connectivity index (χ0v) is 9.87. The summed E-state index contributed by atoms with van der Waals surface area (Å²) >= 11 is 0. The van der Waals surface area contributed by atoms with Gasteiger partial charge >= 0.3 is 0 Å². The van der Waals surface area contributed by atoms with Crippen molar-refractivity contribution in [2.24, 2.45) is 0 Å². The molecule has 0 amide bonds. The van der Waals surface area contributed by atoms with E-state index >= 15 is 0 Å². The molecular weight excluding hydrogens is 196 g/mol. The van der Waals surface area contributed by atoms with Crippen LogP contribution in [0.3, 0.4) is 0 Å². The van der Waals surface area contributed by atoms with Crippen LogP contribution >= 0.6 is 0 Å². The number of rotatable bonds is 10. The van der Waals surface area contributed by atoms with Crippen LogP contribution in [-0.4, -0.2) is 16.3 Å². The van der Waals surface area contributed by atoms with Crippen molar-refractivity contribution in [3.63, 3.8) is 0 Å². The van der Waals surface area contributed by atoms with Crippen molar-refractivity contribution >= 4 is 0 Å². The van der Waals surface area contributed by atoms with Crippen LogP contribution < -0.4 is 0 Å². The molecule has 0 aromatic heterocycles. The van der Waals surface area contributed by atoms with Gasteiger partial charge < -0.3 is 0 Å². The monoisotopic (exact) mass is 220 g/mol. The summed E-state index contributed by atoms with van der Waals surface area (Å²) in [4.78, 5) is 8.12. The summed E-state index contributed by atoms with van der Waals surface area (Å²) in [5.74, 6) is -1.26. The Morgan fingerprint density at radius 3 is 1.80 bits per heavy atom. The molecule has 2 N–H and O–H groups in total. The smallest absolute Gasteiger partial charge is 0.230 e. The maximum atomic E-state index is 8.47. The first kappa shape index (κ1) is 14.8. The maximum absolute atomic E-state index is 8.47. The van der Waals surface area contributed by atoms with Gasteiger partial charge in [0, 0.05) is 6.42 Å². The Morgan fingerprint density at radius 1 is 0.867 bits per heavy atom. The van der Waals surface area contributed by atoms with E-state index in [4.69, 9.17) is 10.5 Å². The molecule has 0 heterocycles. The fourth-order valence-corrected chi connectivity index (χ4v) is 1.51. The van der Waals surface area contributed by atoms with Gasteiger partial charge in [-0.3, -0.25) is 0 Å². The molecule has 0 aromatic rings. The van der Waals surface area contributed by atoms with Crippen molar-refractivity contribution in [1.29, 1.82) is 0 Å². The third-order valence-electron chi connectivity index (χ3n) is 2.62. The largest absolute Gasteiger partial charge is 0.249 e. The fourth-order valence-electron chi connectivity index (χ4n) is 1.51. The minimum Gasteiger partial charge on any atom is -0.249 e. The molecular formula is C11H24O4. The average Bonchev–Trinajstić information content (AvgIpc) is 2.27. The van der Waals surface area contributed by atoms with Gasteiger partial charge in [-0.05, 0) is 13.3 Å². The molecule has 0 unspecified atom stereocenters. The van der Waals surface area contributed by atoms with E-state index in [1.54, 1.807) is 0 Å². The molecule has 0 rings (SSSR count). The highest BCUT2D eigenvalue weighted by atomic mass is 17.2. The summed E-state index contributed by atoms with van der Waals surface area (Å²) in [5, 5.41) is 16.9. The Bertz CT molecular complexity index is 135. The molecule has 0 aliphatic rings. The molecule has 0 fully saturated rings. The highest BCUT2D eigenvalue weighted by molar-refractivity contribution is 4.59. The summed E-state index contributed by atoms with van der Waals surface area (Å²) in [5.41, 5.74) is 0. The molecule has 0 spiro atoms. The summed E-state index contributed by atoms with van der Waals surface area (Å²) in [7, 11) is 0. The number of hydrogen-bond donors (Lipinski definition) is 2. The second kappa shape index (κ2) is 9.09. The lowest BCUT2D eigenvalue weighted by Crippen LogP contribution is -2.29. The van der Waals surface area contributed by atoms with E-state index in [0.717, 1.165) is 12.8 Å². The van der Waals surface area contributed by atoms with E-state index in [9.17, 15) is 0 Å². The second-order valence-electron chi connectivity index (χ2n) is 4.19. The predicted octanol–water partition coefficient (Wildman–Crippen LogP) is 3.82. The lowest BCUT2D eigenvalue weighted by atomic mass is 10.1. The molecule has 4 nitrogen and oxygen atoms in total. The van der Waals surface area contributed by atoms with Gasteiger partial charge in [0.1, 0.15) is 0 Å². The van der Waals surface area contributed by atoms with Gasteiger partial charge in [-0.1, -0.05) is 45.4 Å². The summed E-state index contributed by atoms with van der Waals surface area (Å²) in [6.45, 7) is 3.70. The maximum Gasteiger partial charge on any atom is 0.230 e. The molecule has 0 aliphatic carbocycles. The van der Waals surface area contributed by atoms with Crippen molar-refractivity contribution in [3.05, 3.63) is 0 Å². The third kappa shape index (κ3) is 7.73. The van der Waals surface area contributed by atoms with Crippen molar-refractivity contribution < 1.29 is 20.3 Å². The summed E-state index contributed by atoms with van der Waals surface area (Å²) < 4.78 is 0. The summed E-state index contributed by atoms with van der Waals surface area (Å²) in [6.07, 6.45) is 8.74. The van der Waals surface area contributed by atoms with Gasteiger partial charge in [0.25, 0.3) is 0 Å². The topological polar surface area (TPSA) is 58.9 Å². The van der Waals surface area contributed by atoms with Gasteiger partial charge in [-0.15, -0.1) is 0 Å². The van der Waals surface area contributed by atoms with E-state index in [1.807, 2.05) is 0 Å². The van der Waals surface area contributed by atoms with Crippen LogP contribution in [0.4, 0.5) is 0 Å². The molecule has 0 radical (unpaired) electrons. The average molecular weight is 220 g/mol. The Balaban J connectivity index is 3.29.